The third kappa shape index (κ3) is 6.80. The van der Waals surface area contributed by atoms with E-state index >= 15 is 0 Å². The molecule has 0 unspecified atom stereocenters. The molecule has 4 nitrogen and oxygen atoms in total. The van der Waals surface area contributed by atoms with Gasteiger partial charge >= 0.3 is 517 Å². The predicted molar refractivity (Wildman–Crippen MR) is 367 cm³/mol. The second-order valence-corrected chi connectivity index (χ2v) is 26.7. The number of benzene rings is 12. The standard InChI is InChI=1S/C81H57BN4Se/c1-51-47-73-77-74(48-51)86(68-40-20-14-30-56(68)53-27-7-3-8-28-53)78-76-62-36-12-18-38-64(62)81(63-37-17-11-35-61(63)75-60-34-10-9-33-59(60)71(50-65(75)81)84-69-41-21-15-31-57(69)58-32-16-22-42-70(58)84)79(76)87-80(78)82(77)66-44-43-54(83-45-23-4-24-46-83)49-72(66)85(73)67-39-19-13-29-55(67)52-25-5-2-6-26-52/h2-3,5-22,25-44,47-50H,4,23-24,45-46H2,1H3/t81-/m1/s1. The van der Waals surface area contributed by atoms with Gasteiger partial charge in [0, 0.05) is 0 Å². The van der Waals surface area contributed by atoms with Crippen LogP contribution < -0.4 is 30.0 Å². The van der Waals surface area contributed by atoms with Gasteiger partial charge in [0.25, 0.3) is 0 Å². The summed E-state index contributed by atoms with van der Waals surface area (Å²) in [5.41, 5.74) is 30.3. The van der Waals surface area contributed by atoms with Crippen LogP contribution in [0.3, 0.4) is 0 Å². The average Bonchev–Trinajstić information content (AvgIpc) is 1.51. The fourth-order valence-electron chi connectivity index (χ4n) is 16.5. The maximum atomic E-state index is 2.76. The molecule has 410 valence electrons. The molecule has 5 heterocycles. The van der Waals surface area contributed by atoms with Crippen LogP contribution in [0.5, 0.6) is 0 Å². The van der Waals surface area contributed by atoms with Crippen molar-refractivity contribution in [3.63, 3.8) is 0 Å². The molecule has 6 heteroatoms. The first-order chi connectivity index (χ1) is 43.1. The van der Waals surface area contributed by atoms with E-state index in [-0.39, 0.29) is 21.2 Å². The van der Waals surface area contributed by atoms with Gasteiger partial charge in [-0.05, 0) is 0 Å². The summed E-state index contributed by atoms with van der Waals surface area (Å²) < 4.78 is 5.64. The van der Waals surface area contributed by atoms with E-state index in [9.17, 15) is 0 Å². The molecule has 19 rings (SSSR count). The van der Waals surface area contributed by atoms with E-state index in [0.29, 0.717) is 0 Å². The van der Waals surface area contributed by atoms with Gasteiger partial charge in [-0.25, -0.2) is 0 Å². The molecular weight excluding hydrogens is 1120 g/mol. The fraction of sp³-hybridized carbons (Fsp3) is 0.0864. The van der Waals surface area contributed by atoms with E-state index in [1.807, 2.05) is 0 Å². The first kappa shape index (κ1) is 49.4. The second kappa shape index (κ2) is 18.8. The van der Waals surface area contributed by atoms with Gasteiger partial charge in [-0.3, -0.25) is 0 Å². The molecular formula is C81H57BN4Se. The molecule has 12 aromatic carbocycles. The van der Waals surface area contributed by atoms with Gasteiger partial charge in [-0.1, -0.05) is 0 Å². The Kier molecular flexibility index (Phi) is 10.7. The summed E-state index contributed by atoms with van der Waals surface area (Å²) in [5.74, 6) is 0. The van der Waals surface area contributed by atoms with Crippen LogP contribution >= 0.6 is 0 Å². The van der Waals surface area contributed by atoms with Crippen LogP contribution in [-0.2, 0) is 5.41 Å². The molecule has 1 spiro atoms. The molecule has 0 N–H and O–H groups in total. The predicted octanol–water partition coefficient (Wildman–Crippen LogP) is 18.1. The molecule has 0 bridgehead atoms. The SMILES string of the molecule is Cc1cc2c3c(c1)N(c1ccccc1-c1ccccc1)c1c([se]c4c1-c1ccccc1[C@@]41c4ccccc4-c4c1cc(-n1c5ccccc5c5ccccc51)c1ccccc41)B3c1ccc(N3CCCCC3)cc1N2c1ccccc1-c1ccccc1. The zero-order valence-electron chi connectivity index (χ0n) is 48.2. The van der Waals surface area contributed by atoms with Gasteiger partial charge in [-0.2, -0.15) is 0 Å². The average molecular weight is 1180 g/mol. The van der Waals surface area contributed by atoms with Crippen molar-refractivity contribution < 1.29 is 0 Å². The summed E-state index contributed by atoms with van der Waals surface area (Å²) in [6.07, 6.45) is 3.72. The van der Waals surface area contributed by atoms with E-state index in [2.05, 4.69) is 293 Å². The molecule has 87 heavy (non-hydrogen) atoms. The number of anilines is 7. The molecule has 14 aromatic rings. The number of nitrogens with zero attached hydrogens (tertiary/aromatic N) is 4. The van der Waals surface area contributed by atoms with Crippen LogP contribution in [0, 0.1) is 6.92 Å². The van der Waals surface area contributed by atoms with Gasteiger partial charge in [0.05, 0.1) is 0 Å². The monoisotopic (exact) mass is 1180 g/mol. The Bertz CT molecular complexity index is 5150. The van der Waals surface area contributed by atoms with E-state index in [4.69, 9.17) is 0 Å². The molecule has 5 aliphatic rings. The van der Waals surface area contributed by atoms with E-state index in [0.717, 1.165) is 13.1 Å². The summed E-state index contributed by atoms with van der Waals surface area (Å²) in [6.45, 7) is 4.45. The van der Waals surface area contributed by atoms with Gasteiger partial charge in [-0.15, -0.1) is 0 Å². The van der Waals surface area contributed by atoms with Crippen LogP contribution in [0.2, 0.25) is 0 Å². The van der Waals surface area contributed by atoms with E-state index in [1.54, 1.807) is 0 Å². The third-order valence-electron chi connectivity index (χ3n) is 20.0. The molecule has 1 fully saturated rings. The topological polar surface area (TPSA) is 14.7 Å². The van der Waals surface area contributed by atoms with Gasteiger partial charge in [0.2, 0.25) is 0 Å². The fourth-order valence-corrected chi connectivity index (χ4v) is 20.0. The third-order valence-corrected chi connectivity index (χ3v) is 22.8. The van der Waals surface area contributed by atoms with Crippen molar-refractivity contribution in [3.05, 3.63) is 294 Å². The minimum atomic E-state index is -0.599. The van der Waals surface area contributed by atoms with Crippen molar-refractivity contribution in [2.45, 2.75) is 31.6 Å². The number of aryl methyl sites for hydroxylation is 1. The molecule has 1 atom stereocenters. The zero-order chi connectivity index (χ0) is 57.1. The molecule has 0 amide bonds. The van der Waals surface area contributed by atoms with Gasteiger partial charge in [0.15, 0.2) is 0 Å². The number of piperidine rings is 1. The van der Waals surface area contributed by atoms with Crippen LogP contribution in [0.15, 0.2) is 267 Å². The molecule has 3 aliphatic heterocycles. The maximum absolute atomic E-state index is 2.76. The van der Waals surface area contributed by atoms with Gasteiger partial charge < -0.3 is 0 Å². The van der Waals surface area contributed by atoms with Crippen molar-refractivity contribution in [3.8, 4) is 50.2 Å². The number of hydrogen-bond acceptors (Lipinski definition) is 3. The first-order valence-electron chi connectivity index (χ1n) is 31.0. The minimum absolute atomic E-state index is 0.0213. The molecule has 0 radical (unpaired) electrons. The number of hydrogen-bond donors (Lipinski definition) is 0. The van der Waals surface area contributed by atoms with E-state index < -0.39 is 5.41 Å². The normalized spacial score (nSPS) is 15.8. The number of para-hydroxylation sites is 4. The summed E-state index contributed by atoms with van der Waals surface area (Å²) in [6, 6.07) is 102. The summed E-state index contributed by atoms with van der Waals surface area (Å²) in [7, 11) is 0. The van der Waals surface area contributed by atoms with Crippen molar-refractivity contribution >= 4 is 109 Å². The van der Waals surface area contributed by atoms with Crippen LogP contribution in [0.1, 0.15) is 46.0 Å². The summed E-state index contributed by atoms with van der Waals surface area (Å²) in [4.78, 5) is 8.09. The van der Waals surface area contributed by atoms with Crippen LogP contribution in [-0.4, -0.2) is 38.9 Å². The van der Waals surface area contributed by atoms with Crippen LogP contribution in [0.25, 0.3) is 82.8 Å². The van der Waals surface area contributed by atoms with Crippen molar-refractivity contribution in [1.82, 2.24) is 4.57 Å². The Balaban J connectivity index is 0.956. The molecule has 0 saturated carbocycles. The van der Waals surface area contributed by atoms with E-state index in [1.165, 1.54) is 184 Å². The van der Waals surface area contributed by atoms with Crippen molar-refractivity contribution in [2.75, 3.05) is 27.8 Å². The Morgan fingerprint density at radius 1 is 0.391 bits per heavy atom. The molecule has 2 aromatic heterocycles. The Labute approximate surface area is 513 Å². The Morgan fingerprint density at radius 2 is 0.908 bits per heavy atom. The summed E-state index contributed by atoms with van der Waals surface area (Å²) in [5, 5.41) is 5.09. The molecule has 2 aliphatic carbocycles. The quantitative estimate of drug-likeness (QED) is 0.154. The Morgan fingerprint density at radius 3 is 1.55 bits per heavy atom. The molecule has 1 saturated heterocycles. The number of aromatic nitrogens is 1. The zero-order valence-corrected chi connectivity index (χ0v) is 49.9. The number of rotatable bonds is 6. The Hall–Kier alpha value is -9.84. The second-order valence-electron chi connectivity index (χ2n) is 24.5. The number of fused-ring (bicyclic) bond motifs is 20. The van der Waals surface area contributed by atoms with Gasteiger partial charge in [0.1, 0.15) is 0 Å². The summed E-state index contributed by atoms with van der Waals surface area (Å²) >= 11 is -0.172. The van der Waals surface area contributed by atoms with Crippen molar-refractivity contribution in [2.24, 2.45) is 0 Å². The van der Waals surface area contributed by atoms with Crippen LogP contribution in [0.4, 0.5) is 39.8 Å². The van der Waals surface area contributed by atoms with Crippen molar-refractivity contribution in [1.29, 1.82) is 0 Å². The first-order valence-corrected chi connectivity index (χ1v) is 32.7.